The lowest BCUT2D eigenvalue weighted by molar-refractivity contribution is 0.481. The summed E-state index contributed by atoms with van der Waals surface area (Å²) in [5.41, 5.74) is 12.7. The highest BCUT2D eigenvalue weighted by molar-refractivity contribution is 7.86. The van der Waals surface area contributed by atoms with Crippen LogP contribution in [-0.2, 0) is 33.1 Å². The molecule has 12 heteroatoms. The molecule has 0 saturated carbocycles. The van der Waals surface area contributed by atoms with Crippen LogP contribution in [0.25, 0.3) is 78.7 Å². The molecule has 4 N–H and O–H groups in total. The summed E-state index contributed by atoms with van der Waals surface area (Å²) < 4.78 is 67.4. The molecule has 8 bridgehead atoms. The lowest BCUT2D eigenvalue weighted by Gasteiger charge is -2.07. The van der Waals surface area contributed by atoms with Gasteiger partial charge in [0.1, 0.15) is 0 Å². The zero-order valence-electron chi connectivity index (χ0n) is 29.5. The Kier molecular flexibility index (Phi) is 8.63. The Bertz CT molecular complexity index is 2900. The van der Waals surface area contributed by atoms with Crippen molar-refractivity contribution in [3.63, 3.8) is 0 Å². The maximum Gasteiger partial charge on any atom is 0.294 e. The van der Waals surface area contributed by atoms with Gasteiger partial charge in [-0.05, 0) is 95.8 Å². The summed E-state index contributed by atoms with van der Waals surface area (Å²) in [5, 5.41) is 0. The molecule has 4 aromatic carbocycles. The normalized spacial score (nSPS) is 12.9. The van der Waals surface area contributed by atoms with Crippen molar-refractivity contribution in [1.29, 1.82) is 0 Å². The monoisotopic (exact) mass is 776 g/mol. The van der Waals surface area contributed by atoms with Crippen LogP contribution in [0.1, 0.15) is 22.8 Å². The average Bonchev–Trinajstić information content (AvgIpc) is 4.03. The lowest BCUT2D eigenvalue weighted by atomic mass is 10.0. The predicted octanol–water partition coefficient (Wildman–Crippen LogP) is 9.43. The van der Waals surface area contributed by atoms with E-state index in [2.05, 4.69) is 34.2 Å². The second kappa shape index (κ2) is 13.7. The quantitative estimate of drug-likeness (QED) is 0.121. The minimum absolute atomic E-state index is 0.234. The number of aromatic nitrogens is 4. The predicted molar refractivity (Wildman–Crippen MR) is 219 cm³/mol. The van der Waals surface area contributed by atoms with Crippen LogP contribution in [0.15, 0.2) is 143 Å². The molecule has 2 aliphatic rings. The number of rotatable bonds is 6. The Morgan fingerprint density at radius 1 is 0.411 bits per heavy atom. The van der Waals surface area contributed by atoms with Crippen LogP contribution >= 0.6 is 0 Å². The number of aryl methyl sites for hydroxylation is 2. The van der Waals surface area contributed by atoms with Crippen molar-refractivity contribution in [2.45, 2.75) is 22.6 Å². The number of hydrogen-bond acceptors (Lipinski definition) is 6. The van der Waals surface area contributed by atoms with Gasteiger partial charge in [0.15, 0.2) is 0 Å². The number of hydrogen-bond donors (Lipinski definition) is 4. The molecular weight excluding hydrogens is 745 g/mol. The summed E-state index contributed by atoms with van der Waals surface area (Å²) in [6.07, 6.45) is 5.13. The lowest BCUT2D eigenvalue weighted by Crippen LogP contribution is -1.97. The highest BCUT2D eigenvalue weighted by Gasteiger charge is 2.21. The van der Waals surface area contributed by atoms with Crippen molar-refractivity contribution in [3.8, 4) is 44.5 Å². The van der Waals surface area contributed by atoms with E-state index >= 15 is 0 Å². The average molecular weight is 777 g/mol. The second-order valence-corrected chi connectivity index (χ2v) is 16.4. The number of aromatic amines is 2. The Morgan fingerprint density at radius 3 is 1.11 bits per heavy atom. The molecule has 0 aliphatic carbocycles. The molecule has 10 nitrogen and oxygen atoms in total. The van der Waals surface area contributed by atoms with Crippen LogP contribution in [0.4, 0.5) is 0 Å². The van der Waals surface area contributed by atoms with Gasteiger partial charge in [-0.1, -0.05) is 84.9 Å². The maximum absolute atomic E-state index is 12.0. The number of nitrogens with one attached hydrogen (secondary N) is 2. The first-order chi connectivity index (χ1) is 27.0. The van der Waals surface area contributed by atoms with Crippen LogP contribution in [0, 0.1) is 0 Å². The van der Waals surface area contributed by atoms with Gasteiger partial charge in [0, 0.05) is 44.3 Å². The summed E-state index contributed by atoms with van der Waals surface area (Å²) in [5.74, 6) is 0. The van der Waals surface area contributed by atoms with Crippen molar-refractivity contribution in [1.82, 2.24) is 19.9 Å². The molecular formula is C44H32N4O6S2. The van der Waals surface area contributed by atoms with Gasteiger partial charge >= 0.3 is 0 Å². The minimum atomic E-state index is -4.43. The molecule has 7 aromatic rings. The molecule has 0 spiro atoms. The summed E-state index contributed by atoms with van der Waals surface area (Å²) in [7, 11) is -8.86. The standard InChI is InChI=1S/C44H32N4O6S2/c49-55(50,51)31-15-11-29(12-16-31)43-37-23-21-35(46-37)41(27-7-3-1-4-8-27)33-19-20-34(45-33)42(28-9-5-2-6-10-28)36-22-24-38(47-36)44(40-26-25-39(43)48-40)30-13-17-32(18-14-30)56(52,53)54/h1-18,21-26,46-47H,19-20H2,(H,49,50,51)(H,52,53,54). The molecule has 0 saturated heterocycles. The van der Waals surface area contributed by atoms with E-state index in [-0.39, 0.29) is 9.79 Å². The van der Waals surface area contributed by atoms with Gasteiger partial charge in [0.05, 0.1) is 32.6 Å². The topological polar surface area (TPSA) is 166 Å². The highest BCUT2D eigenvalue weighted by Crippen LogP contribution is 2.38. The molecule has 2 aliphatic heterocycles. The molecule has 9 rings (SSSR count). The van der Waals surface area contributed by atoms with E-state index in [0.717, 1.165) is 44.7 Å². The summed E-state index contributed by atoms with van der Waals surface area (Å²) in [4.78, 5) is 17.4. The smallest absolute Gasteiger partial charge is 0.294 e. The number of fused-ring (bicyclic) bond motifs is 8. The van der Waals surface area contributed by atoms with Crippen LogP contribution in [-0.4, -0.2) is 45.9 Å². The van der Waals surface area contributed by atoms with E-state index in [4.69, 9.17) is 9.97 Å². The van der Waals surface area contributed by atoms with E-state index in [1.54, 1.807) is 24.3 Å². The van der Waals surface area contributed by atoms with Crippen molar-refractivity contribution in [3.05, 3.63) is 156 Å². The molecule has 0 fully saturated rings. The van der Waals surface area contributed by atoms with E-state index in [9.17, 15) is 25.9 Å². The van der Waals surface area contributed by atoms with Crippen LogP contribution < -0.4 is 0 Å². The van der Waals surface area contributed by atoms with Gasteiger partial charge in [-0.25, -0.2) is 4.98 Å². The van der Waals surface area contributed by atoms with Gasteiger partial charge in [-0.3, -0.25) is 14.1 Å². The van der Waals surface area contributed by atoms with Gasteiger partial charge in [-0.15, -0.1) is 0 Å². The zero-order valence-corrected chi connectivity index (χ0v) is 31.1. The SMILES string of the molecule is O=S(=O)(O)c1ccc(-c2c3nc(c(-c4ccc(S(=O)(=O)O)cc4)c4ccc([nH]4)c(-c4ccccc4)c4nc(c(-c5ccccc5)c5ccc2[nH]5)CC4)C=C3)cc1. The highest BCUT2D eigenvalue weighted by atomic mass is 32.2. The Morgan fingerprint density at radius 2 is 0.750 bits per heavy atom. The number of H-pyrrole nitrogens is 2. The van der Waals surface area contributed by atoms with Crippen molar-refractivity contribution in [2.24, 2.45) is 0 Å². The third kappa shape index (κ3) is 6.54. The molecule has 56 heavy (non-hydrogen) atoms. The van der Waals surface area contributed by atoms with Crippen molar-refractivity contribution >= 4 is 54.5 Å². The fourth-order valence-electron chi connectivity index (χ4n) is 7.52. The second-order valence-electron chi connectivity index (χ2n) is 13.5. The molecule has 0 amide bonds. The zero-order chi connectivity index (χ0) is 38.6. The molecule has 0 radical (unpaired) electrons. The van der Waals surface area contributed by atoms with E-state index in [1.165, 1.54) is 24.3 Å². The summed E-state index contributed by atoms with van der Waals surface area (Å²) in [6.45, 7) is 0. The maximum atomic E-state index is 12.0. The van der Waals surface area contributed by atoms with Gasteiger partial charge in [-0.2, -0.15) is 16.8 Å². The molecule has 5 heterocycles. The van der Waals surface area contributed by atoms with Crippen LogP contribution in [0.3, 0.4) is 0 Å². The number of nitrogens with zero attached hydrogens (tertiary/aromatic N) is 2. The Balaban J connectivity index is 1.44. The Hall–Kier alpha value is -6.44. The third-order valence-electron chi connectivity index (χ3n) is 10.1. The minimum Gasteiger partial charge on any atom is -0.354 e. The molecule has 0 atom stereocenters. The summed E-state index contributed by atoms with van der Waals surface area (Å²) >= 11 is 0. The Labute approximate surface area is 322 Å². The van der Waals surface area contributed by atoms with Crippen LogP contribution in [0.5, 0.6) is 0 Å². The molecule has 276 valence electrons. The summed E-state index contributed by atoms with van der Waals surface area (Å²) in [6, 6.07) is 40.1. The number of benzene rings is 4. The fourth-order valence-corrected chi connectivity index (χ4v) is 8.48. The third-order valence-corrected chi connectivity index (χ3v) is 11.8. The first-order valence-corrected chi connectivity index (χ1v) is 20.6. The first kappa shape index (κ1) is 35.3. The van der Waals surface area contributed by atoms with Gasteiger partial charge in [0.25, 0.3) is 20.2 Å². The van der Waals surface area contributed by atoms with Crippen LogP contribution in [0.2, 0.25) is 0 Å². The molecule has 3 aromatic heterocycles. The van der Waals surface area contributed by atoms with E-state index < -0.39 is 20.2 Å². The largest absolute Gasteiger partial charge is 0.354 e. The van der Waals surface area contributed by atoms with Gasteiger partial charge in [0.2, 0.25) is 0 Å². The van der Waals surface area contributed by atoms with E-state index in [0.29, 0.717) is 57.5 Å². The fraction of sp³-hybridized carbons (Fsp3) is 0.0455. The van der Waals surface area contributed by atoms with E-state index in [1.807, 2.05) is 72.8 Å². The van der Waals surface area contributed by atoms with Crippen molar-refractivity contribution < 1.29 is 25.9 Å². The van der Waals surface area contributed by atoms with Gasteiger partial charge < -0.3 is 9.97 Å². The first-order valence-electron chi connectivity index (χ1n) is 17.7. The van der Waals surface area contributed by atoms with Crippen molar-refractivity contribution in [2.75, 3.05) is 0 Å². The molecule has 0 unspecified atom stereocenters.